The molecule has 23 heavy (non-hydrogen) atoms. The highest BCUT2D eigenvalue weighted by Crippen LogP contribution is 2.24. The second-order valence-corrected chi connectivity index (χ2v) is 5.59. The molecule has 0 bridgehead atoms. The third-order valence-corrected chi connectivity index (χ3v) is 3.75. The fraction of sp³-hybridized carbons (Fsp3) is 0.118. The van der Waals surface area contributed by atoms with Crippen LogP contribution in [0.5, 0.6) is 0 Å². The summed E-state index contributed by atoms with van der Waals surface area (Å²) >= 11 is 6.05. The fourth-order valence-corrected chi connectivity index (χ4v) is 2.49. The average molecular weight is 327 g/mol. The van der Waals surface area contributed by atoms with Gasteiger partial charge in [-0.2, -0.15) is 5.10 Å². The second kappa shape index (κ2) is 6.62. The summed E-state index contributed by atoms with van der Waals surface area (Å²) in [6.07, 6.45) is 3.31. The van der Waals surface area contributed by atoms with Gasteiger partial charge in [0.1, 0.15) is 12.7 Å². The maximum Gasteiger partial charge on any atom is 0.228 e. The topological polar surface area (TPSA) is 59.8 Å². The maximum atomic E-state index is 12.4. The molecule has 0 fully saturated rings. The fourth-order valence-electron chi connectivity index (χ4n) is 2.32. The SMILES string of the molecule is Cc1ccccc1CC(=O)Nc1cc(Cl)ccc1-n1cncn1. The van der Waals surface area contributed by atoms with E-state index in [0.717, 1.165) is 11.1 Å². The number of anilines is 1. The first kappa shape index (κ1) is 15.2. The molecule has 1 heterocycles. The molecular formula is C17H15ClN4O. The van der Waals surface area contributed by atoms with Crippen LogP contribution in [-0.4, -0.2) is 20.7 Å². The van der Waals surface area contributed by atoms with Crippen LogP contribution in [0.1, 0.15) is 11.1 Å². The van der Waals surface area contributed by atoms with Crippen LogP contribution >= 0.6 is 11.6 Å². The van der Waals surface area contributed by atoms with Crippen molar-refractivity contribution in [1.29, 1.82) is 0 Å². The number of carbonyl (C=O) groups excluding carboxylic acids is 1. The zero-order valence-electron chi connectivity index (χ0n) is 12.5. The Morgan fingerprint density at radius 3 is 2.83 bits per heavy atom. The lowest BCUT2D eigenvalue weighted by Gasteiger charge is -2.12. The van der Waals surface area contributed by atoms with Gasteiger partial charge in [0.15, 0.2) is 0 Å². The number of halogens is 1. The number of nitrogens with zero attached hydrogens (tertiary/aromatic N) is 3. The number of aromatic nitrogens is 3. The van der Waals surface area contributed by atoms with Gasteiger partial charge in [-0.15, -0.1) is 0 Å². The van der Waals surface area contributed by atoms with E-state index in [1.54, 1.807) is 29.2 Å². The Morgan fingerprint density at radius 1 is 1.26 bits per heavy atom. The van der Waals surface area contributed by atoms with E-state index < -0.39 is 0 Å². The van der Waals surface area contributed by atoms with Gasteiger partial charge in [-0.25, -0.2) is 9.67 Å². The molecule has 116 valence electrons. The first-order valence-corrected chi connectivity index (χ1v) is 7.50. The van der Waals surface area contributed by atoms with E-state index in [1.807, 2.05) is 31.2 Å². The van der Waals surface area contributed by atoms with Gasteiger partial charge in [-0.1, -0.05) is 35.9 Å². The molecule has 1 N–H and O–H groups in total. The lowest BCUT2D eigenvalue weighted by Crippen LogP contribution is -2.16. The summed E-state index contributed by atoms with van der Waals surface area (Å²) in [7, 11) is 0. The molecule has 3 aromatic rings. The largest absolute Gasteiger partial charge is 0.324 e. The molecule has 0 radical (unpaired) electrons. The summed E-state index contributed by atoms with van der Waals surface area (Å²) in [5.41, 5.74) is 3.39. The quantitative estimate of drug-likeness (QED) is 0.799. The molecule has 1 aromatic heterocycles. The first-order valence-electron chi connectivity index (χ1n) is 7.12. The van der Waals surface area contributed by atoms with Crippen molar-refractivity contribution in [3.63, 3.8) is 0 Å². The molecule has 0 aliphatic carbocycles. The number of rotatable bonds is 4. The van der Waals surface area contributed by atoms with E-state index in [4.69, 9.17) is 11.6 Å². The summed E-state index contributed by atoms with van der Waals surface area (Å²) in [6.45, 7) is 1.99. The molecule has 6 heteroatoms. The minimum Gasteiger partial charge on any atom is -0.324 e. The summed E-state index contributed by atoms with van der Waals surface area (Å²) < 4.78 is 1.58. The molecule has 0 unspecified atom stereocenters. The lowest BCUT2D eigenvalue weighted by molar-refractivity contribution is -0.115. The van der Waals surface area contributed by atoms with Crippen LogP contribution in [0.25, 0.3) is 5.69 Å². The Labute approximate surface area is 138 Å². The van der Waals surface area contributed by atoms with Crippen LogP contribution in [0.15, 0.2) is 55.1 Å². The van der Waals surface area contributed by atoms with E-state index in [-0.39, 0.29) is 5.91 Å². The zero-order valence-corrected chi connectivity index (χ0v) is 13.3. The van der Waals surface area contributed by atoms with Gasteiger partial charge in [0.25, 0.3) is 0 Å². The predicted octanol–water partition coefficient (Wildman–Crippen LogP) is 3.41. The van der Waals surface area contributed by atoms with Crippen molar-refractivity contribution >= 4 is 23.2 Å². The molecular weight excluding hydrogens is 312 g/mol. The number of benzene rings is 2. The third-order valence-electron chi connectivity index (χ3n) is 3.51. The van der Waals surface area contributed by atoms with E-state index in [0.29, 0.717) is 22.8 Å². The molecule has 0 saturated carbocycles. The number of carbonyl (C=O) groups is 1. The van der Waals surface area contributed by atoms with Crippen molar-refractivity contribution in [3.8, 4) is 5.69 Å². The minimum atomic E-state index is -0.108. The van der Waals surface area contributed by atoms with Gasteiger partial charge in [-0.3, -0.25) is 4.79 Å². The molecule has 0 atom stereocenters. The second-order valence-electron chi connectivity index (χ2n) is 5.15. The highest BCUT2D eigenvalue weighted by molar-refractivity contribution is 6.31. The summed E-state index contributed by atoms with van der Waals surface area (Å²) in [4.78, 5) is 16.3. The Hall–Kier alpha value is -2.66. The van der Waals surface area contributed by atoms with Gasteiger partial charge in [0.2, 0.25) is 5.91 Å². The third kappa shape index (κ3) is 3.57. The highest BCUT2D eigenvalue weighted by Gasteiger charge is 2.11. The number of hydrogen-bond donors (Lipinski definition) is 1. The normalized spacial score (nSPS) is 10.5. The molecule has 0 spiro atoms. The maximum absolute atomic E-state index is 12.4. The molecule has 0 aliphatic rings. The van der Waals surface area contributed by atoms with Gasteiger partial charge in [-0.05, 0) is 36.2 Å². The molecule has 0 aliphatic heterocycles. The summed E-state index contributed by atoms with van der Waals surface area (Å²) in [5, 5.41) is 7.54. The van der Waals surface area contributed by atoms with Crippen molar-refractivity contribution in [2.75, 3.05) is 5.32 Å². The van der Waals surface area contributed by atoms with E-state index >= 15 is 0 Å². The Balaban J connectivity index is 1.84. The number of amides is 1. The van der Waals surface area contributed by atoms with E-state index in [9.17, 15) is 4.79 Å². The monoisotopic (exact) mass is 326 g/mol. The minimum absolute atomic E-state index is 0.108. The molecule has 5 nitrogen and oxygen atoms in total. The van der Waals surface area contributed by atoms with E-state index in [2.05, 4.69) is 15.4 Å². The lowest BCUT2D eigenvalue weighted by atomic mass is 10.1. The van der Waals surface area contributed by atoms with Gasteiger partial charge in [0.05, 0.1) is 17.8 Å². The van der Waals surface area contributed by atoms with Crippen molar-refractivity contribution in [1.82, 2.24) is 14.8 Å². The Kier molecular flexibility index (Phi) is 4.39. The Bertz CT molecular complexity index is 830. The van der Waals surface area contributed by atoms with Gasteiger partial charge >= 0.3 is 0 Å². The van der Waals surface area contributed by atoms with Crippen LogP contribution in [0.2, 0.25) is 5.02 Å². The van der Waals surface area contributed by atoms with Crippen molar-refractivity contribution in [2.24, 2.45) is 0 Å². The van der Waals surface area contributed by atoms with Gasteiger partial charge < -0.3 is 5.32 Å². The summed E-state index contributed by atoms with van der Waals surface area (Å²) in [6, 6.07) is 13.1. The number of aryl methyl sites for hydroxylation is 1. The zero-order chi connectivity index (χ0) is 16.2. The van der Waals surface area contributed by atoms with Crippen LogP contribution in [-0.2, 0) is 11.2 Å². The van der Waals surface area contributed by atoms with Crippen LogP contribution in [0.3, 0.4) is 0 Å². The number of hydrogen-bond acceptors (Lipinski definition) is 3. The average Bonchev–Trinajstić information content (AvgIpc) is 3.04. The van der Waals surface area contributed by atoms with Crippen molar-refractivity contribution < 1.29 is 4.79 Å². The van der Waals surface area contributed by atoms with Crippen LogP contribution in [0, 0.1) is 6.92 Å². The predicted molar refractivity (Wildman–Crippen MR) is 89.9 cm³/mol. The first-order chi connectivity index (χ1) is 11.1. The van der Waals surface area contributed by atoms with Crippen molar-refractivity contribution in [2.45, 2.75) is 13.3 Å². The van der Waals surface area contributed by atoms with Crippen LogP contribution in [0.4, 0.5) is 5.69 Å². The standard InChI is InChI=1S/C17H15ClN4O/c1-12-4-2-3-5-13(12)8-17(23)21-15-9-14(18)6-7-16(15)22-11-19-10-20-22/h2-7,9-11H,8H2,1H3,(H,21,23). The molecule has 1 amide bonds. The smallest absolute Gasteiger partial charge is 0.228 e. The molecule has 0 saturated heterocycles. The highest BCUT2D eigenvalue weighted by atomic mass is 35.5. The van der Waals surface area contributed by atoms with Gasteiger partial charge in [0, 0.05) is 5.02 Å². The Morgan fingerprint density at radius 2 is 2.09 bits per heavy atom. The number of nitrogens with one attached hydrogen (secondary N) is 1. The van der Waals surface area contributed by atoms with Crippen molar-refractivity contribution in [3.05, 3.63) is 71.3 Å². The summed E-state index contributed by atoms with van der Waals surface area (Å²) in [5.74, 6) is -0.108. The molecule has 3 rings (SSSR count). The molecule has 2 aromatic carbocycles. The van der Waals surface area contributed by atoms with E-state index in [1.165, 1.54) is 6.33 Å². The van der Waals surface area contributed by atoms with Crippen LogP contribution < -0.4 is 5.32 Å².